The van der Waals surface area contributed by atoms with Crippen LogP contribution < -0.4 is 9.64 Å². The van der Waals surface area contributed by atoms with Crippen molar-refractivity contribution in [2.24, 2.45) is 0 Å². The van der Waals surface area contributed by atoms with Crippen LogP contribution in [0.2, 0.25) is 0 Å². The van der Waals surface area contributed by atoms with Crippen LogP contribution in [0.1, 0.15) is 18.4 Å². The number of nitrogens with zero attached hydrogens (tertiary/aromatic N) is 5. The molecule has 10 nitrogen and oxygen atoms in total. The summed E-state index contributed by atoms with van der Waals surface area (Å²) in [5.74, 6) is 0.503. The number of benzene rings is 3. The summed E-state index contributed by atoms with van der Waals surface area (Å²) in [6.07, 6.45) is 2.87. The molecule has 2 aliphatic heterocycles. The Morgan fingerprint density at radius 1 is 0.844 bits per heavy atom. The molecule has 45 heavy (non-hydrogen) atoms. The Morgan fingerprint density at radius 3 is 2.29 bits per heavy atom. The fourth-order valence-corrected chi connectivity index (χ4v) is 7.37. The second-order valence-corrected chi connectivity index (χ2v) is 12.8. The molecule has 0 amide bonds. The molecule has 5 aromatic rings. The third-order valence-electron chi connectivity index (χ3n) is 8.21. The molecule has 2 saturated heterocycles. The van der Waals surface area contributed by atoms with Gasteiger partial charge in [0.05, 0.1) is 48.3 Å². The first kappa shape index (κ1) is 29.0. The Kier molecular flexibility index (Phi) is 7.94. The van der Waals surface area contributed by atoms with Crippen molar-refractivity contribution in [3.8, 4) is 34.3 Å². The van der Waals surface area contributed by atoms with Gasteiger partial charge < -0.3 is 19.1 Å². The zero-order valence-electron chi connectivity index (χ0n) is 24.5. The summed E-state index contributed by atoms with van der Waals surface area (Å²) >= 11 is 0. The van der Waals surface area contributed by atoms with Crippen LogP contribution in [0.15, 0.2) is 90.1 Å². The van der Waals surface area contributed by atoms with Crippen LogP contribution in [-0.2, 0) is 19.5 Å². The highest BCUT2D eigenvalue weighted by Crippen LogP contribution is 2.37. The number of morpholine rings is 1. The monoisotopic (exact) mass is 621 g/mol. The summed E-state index contributed by atoms with van der Waals surface area (Å²) in [6, 6.07) is 25.6. The fraction of sp³-hybridized carbons (Fsp3) is 0.265. The maximum atomic E-state index is 14.2. The molecule has 228 valence electrons. The zero-order valence-corrected chi connectivity index (χ0v) is 25.3. The van der Waals surface area contributed by atoms with Crippen molar-refractivity contribution in [2.45, 2.75) is 23.8 Å². The van der Waals surface area contributed by atoms with Gasteiger partial charge in [-0.2, -0.15) is 5.26 Å². The van der Waals surface area contributed by atoms with Crippen molar-refractivity contribution in [3.63, 3.8) is 0 Å². The molecule has 0 N–H and O–H groups in total. The molecule has 2 aromatic heterocycles. The third kappa shape index (κ3) is 5.64. The van der Waals surface area contributed by atoms with Crippen molar-refractivity contribution < 1.29 is 22.6 Å². The first-order valence-electron chi connectivity index (χ1n) is 14.9. The van der Waals surface area contributed by atoms with E-state index >= 15 is 0 Å². The molecular formula is C34H31N5O5S. The minimum Gasteiger partial charge on any atom is -0.489 e. The van der Waals surface area contributed by atoms with Gasteiger partial charge in [-0.1, -0.05) is 30.3 Å². The summed E-state index contributed by atoms with van der Waals surface area (Å²) in [7, 11) is -4.05. The highest BCUT2D eigenvalue weighted by Gasteiger charge is 2.27. The Bertz CT molecular complexity index is 1980. The summed E-state index contributed by atoms with van der Waals surface area (Å²) in [4.78, 5) is 11.4. The van der Waals surface area contributed by atoms with E-state index in [1.807, 2.05) is 36.4 Å². The predicted octanol–water partition coefficient (Wildman–Crippen LogP) is 5.27. The number of hydrogen-bond acceptors (Lipinski definition) is 9. The van der Waals surface area contributed by atoms with Gasteiger partial charge in [0.1, 0.15) is 24.3 Å². The zero-order chi connectivity index (χ0) is 30.8. The Morgan fingerprint density at radius 2 is 1.56 bits per heavy atom. The van der Waals surface area contributed by atoms with Gasteiger partial charge in [0.15, 0.2) is 5.65 Å². The number of anilines is 1. The van der Waals surface area contributed by atoms with Crippen LogP contribution in [0.3, 0.4) is 0 Å². The second kappa shape index (κ2) is 12.3. The average Bonchev–Trinajstić information content (AvgIpc) is 3.51. The van der Waals surface area contributed by atoms with E-state index < -0.39 is 10.0 Å². The van der Waals surface area contributed by atoms with Crippen LogP contribution in [0.5, 0.6) is 5.75 Å². The lowest BCUT2D eigenvalue weighted by atomic mass is 10.0. The molecule has 0 saturated carbocycles. The molecule has 4 heterocycles. The summed E-state index contributed by atoms with van der Waals surface area (Å²) in [5, 5.41) is 10.5. The van der Waals surface area contributed by atoms with E-state index in [1.54, 1.807) is 42.5 Å². The lowest BCUT2D eigenvalue weighted by Crippen LogP contribution is -2.36. The lowest BCUT2D eigenvalue weighted by molar-refractivity contribution is 0.0254. The van der Waals surface area contributed by atoms with Gasteiger partial charge in [-0.15, -0.1) is 0 Å². The summed E-state index contributed by atoms with van der Waals surface area (Å²) < 4.78 is 46.8. The van der Waals surface area contributed by atoms with Crippen LogP contribution >= 0.6 is 0 Å². The largest absolute Gasteiger partial charge is 0.489 e. The molecular weight excluding hydrogens is 590 g/mol. The maximum absolute atomic E-state index is 14.2. The number of fused-ring (bicyclic) bond motifs is 1. The van der Waals surface area contributed by atoms with E-state index in [4.69, 9.17) is 14.2 Å². The quantitative estimate of drug-likeness (QED) is 0.239. The summed E-state index contributed by atoms with van der Waals surface area (Å²) in [5.41, 5.74) is 4.02. The third-order valence-corrected chi connectivity index (χ3v) is 9.93. The standard InChI is InChI=1S/C34H31N5O5S/c35-22-26-20-25(8-11-32(26)44-28-12-16-42-17-13-28)33-30-21-31(24-6-9-27(10-7-24)38-14-18-43-19-15-38)39(34(30)37-23-36-33)45(40,41)29-4-2-1-3-5-29/h1-11,20-21,23,28H,12-19H2. The van der Waals surface area contributed by atoms with Gasteiger partial charge in [0.2, 0.25) is 0 Å². The molecule has 0 aliphatic carbocycles. The normalized spacial score (nSPS) is 16.0. The van der Waals surface area contributed by atoms with Crippen LogP contribution in [0, 0.1) is 11.3 Å². The Labute approximate surface area is 261 Å². The number of aromatic nitrogens is 3. The average molecular weight is 622 g/mol. The SMILES string of the molecule is N#Cc1cc(-c2ncnc3c2cc(-c2ccc(N4CCOCC4)cc2)n3S(=O)(=O)c2ccccc2)ccc1OC1CCOCC1. The maximum Gasteiger partial charge on any atom is 0.269 e. The molecule has 3 aromatic carbocycles. The number of nitriles is 1. The van der Waals surface area contributed by atoms with Crippen LogP contribution in [0.4, 0.5) is 5.69 Å². The van der Waals surface area contributed by atoms with E-state index in [0.29, 0.717) is 65.6 Å². The van der Waals surface area contributed by atoms with Crippen molar-refractivity contribution in [1.82, 2.24) is 13.9 Å². The second-order valence-electron chi connectivity index (χ2n) is 11.0. The number of hydrogen-bond donors (Lipinski definition) is 0. The van der Waals surface area contributed by atoms with Crippen LogP contribution in [0.25, 0.3) is 33.5 Å². The van der Waals surface area contributed by atoms with Crippen LogP contribution in [-0.4, -0.2) is 68.0 Å². The molecule has 0 bridgehead atoms. The molecule has 2 fully saturated rings. The topological polar surface area (TPSA) is 120 Å². The first-order chi connectivity index (χ1) is 22.0. The lowest BCUT2D eigenvalue weighted by Gasteiger charge is -2.28. The van der Waals surface area contributed by atoms with Gasteiger partial charge >= 0.3 is 0 Å². The number of ether oxygens (including phenoxy) is 3. The highest BCUT2D eigenvalue weighted by atomic mass is 32.2. The van der Waals surface area contributed by atoms with Gasteiger partial charge in [-0.25, -0.2) is 22.4 Å². The van der Waals surface area contributed by atoms with Crippen molar-refractivity contribution in [2.75, 3.05) is 44.4 Å². The molecule has 0 unspecified atom stereocenters. The summed E-state index contributed by atoms with van der Waals surface area (Å²) in [6.45, 7) is 4.19. The molecule has 2 aliphatic rings. The van der Waals surface area contributed by atoms with Gasteiger partial charge in [0.25, 0.3) is 10.0 Å². The van der Waals surface area contributed by atoms with E-state index in [1.165, 1.54) is 10.3 Å². The van der Waals surface area contributed by atoms with Gasteiger partial charge in [-0.3, -0.25) is 0 Å². The highest BCUT2D eigenvalue weighted by molar-refractivity contribution is 7.90. The molecule has 7 rings (SSSR count). The van der Waals surface area contributed by atoms with E-state index in [-0.39, 0.29) is 16.6 Å². The molecule has 0 atom stereocenters. The van der Waals surface area contributed by atoms with E-state index in [9.17, 15) is 13.7 Å². The molecule has 0 radical (unpaired) electrons. The van der Waals surface area contributed by atoms with Crippen molar-refractivity contribution >= 4 is 26.7 Å². The first-order valence-corrected chi connectivity index (χ1v) is 16.4. The minimum atomic E-state index is -4.05. The van der Waals surface area contributed by atoms with Crippen molar-refractivity contribution in [1.29, 1.82) is 5.26 Å². The Balaban J connectivity index is 1.35. The Hall–Kier alpha value is -4.76. The van der Waals surface area contributed by atoms with Gasteiger partial charge in [-0.05, 0) is 54.1 Å². The smallest absolute Gasteiger partial charge is 0.269 e. The molecule has 11 heteroatoms. The molecule has 0 spiro atoms. The fourth-order valence-electron chi connectivity index (χ4n) is 5.87. The predicted molar refractivity (Wildman–Crippen MR) is 170 cm³/mol. The minimum absolute atomic E-state index is 0.0168. The van der Waals surface area contributed by atoms with E-state index in [2.05, 4.69) is 20.9 Å². The van der Waals surface area contributed by atoms with Crippen molar-refractivity contribution in [3.05, 3.63) is 90.8 Å². The van der Waals surface area contributed by atoms with E-state index in [0.717, 1.165) is 31.6 Å². The number of rotatable bonds is 7. The van der Waals surface area contributed by atoms with Gasteiger partial charge in [0, 0.05) is 42.6 Å².